The molecule has 0 bridgehead atoms. The van der Waals surface area contributed by atoms with Crippen molar-refractivity contribution in [3.8, 4) is 0 Å². The van der Waals surface area contributed by atoms with E-state index in [0.717, 1.165) is 17.1 Å². The molecule has 0 radical (unpaired) electrons. The number of methoxy groups -OCH3 is 2. The maximum atomic E-state index is 11.7. The summed E-state index contributed by atoms with van der Waals surface area (Å²) >= 11 is 0. The van der Waals surface area contributed by atoms with Gasteiger partial charge in [-0.3, -0.25) is 9.59 Å². The van der Waals surface area contributed by atoms with Crippen LogP contribution in [0.4, 0.5) is 5.69 Å². The summed E-state index contributed by atoms with van der Waals surface area (Å²) in [4.78, 5) is 47.4. The van der Waals surface area contributed by atoms with Crippen LogP contribution in [0.2, 0.25) is 0 Å². The van der Waals surface area contributed by atoms with Crippen LogP contribution in [0.15, 0.2) is 30.4 Å². The molecule has 0 fully saturated rings. The molecule has 0 unspecified atom stereocenters. The maximum absolute atomic E-state index is 11.7. The Hall–Kier alpha value is -2.96. The van der Waals surface area contributed by atoms with Gasteiger partial charge < -0.3 is 9.47 Å². The number of hydrogen-bond donors (Lipinski definition) is 0. The lowest BCUT2D eigenvalue weighted by Gasteiger charge is -2.15. The number of nitrogens with zero attached hydrogens (tertiary/aromatic N) is 1. The summed E-state index contributed by atoms with van der Waals surface area (Å²) in [6.07, 6.45) is 2.20. The van der Waals surface area contributed by atoms with Crippen molar-refractivity contribution in [2.45, 2.75) is 0 Å². The predicted octanol–water partition coefficient (Wildman–Crippen LogP) is 0.689. The zero-order chi connectivity index (χ0) is 15.6. The minimum Gasteiger partial charge on any atom is -0.465 e. The molecule has 1 aliphatic rings. The largest absolute Gasteiger partial charge is 0.465 e. The van der Waals surface area contributed by atoms with Crippen LogP contribution in [0.5, 0.6) is 0 Å². The highest BCUT2D eigenvalue weighted by Gasteiger charge is 2.27. The number of rotatable bonds is 3. The lowest BCUT2D eigenvalue weighted by Crippen LogP contribution is -2.30. The van der Waals surface area contributed by atoms with Gasteiger partial charge in [0, 0.05) is 12.2 Å². The average molecular weight is 289 g/mol. The Labute approximate surface area is 119 Å². The van der Waals surface area contributed by atoms with Crippen LogP contribution < -0.4 is 4.90 Å². The van der Waals surface area contributed by atoms with Crippen LogP contribution in [0.3, 0.4) is 0 Å². The third-order valence-electron chi connectivity index (χ3n) is 2.83. The van der Waals surface area contributed by atoms with Crippen molar-refractivity contribution in [1.29, 1.82) is 0 Å². The Kier molecular flexibility index (Phi) is 3.84. The highest BCUT2D eigenvalue weighted by Crippen LogP contribution is 2.23. The van der Waals surface area contributed by atoms with Gasteiger partial charge in [-0.2, -0.15) is 0 Å². The smallest absolute Gasteiger partial charge is 0.337 e. The topological polar surface area (TPSA) is 90.0 Å². The second kappa shape index (κ2) is 5.58. The monoisotopic (exact) mass is 289 g/mol. The quantitative estimate of drug-likeness (QED) is 0.600. The Balaban J connectivity index is 2.55. The first-order valence-electron chi connectivity index (χ1n) is 5.85. The van der Waals surface area contributed by atoms with E-state index >= 15 is 0 Å². The average Bonchev–Trinajstić information content (AvgIpc) is 2.84. The van der Waals surface area contributed by atoms with Crippen molar-refractivity contribution in [3.63, 3.8) is 0 Å². The lowest BCUT2D eigenvalue weighted by atomic mass is 10.1. The fourth-order valence-electron chi connectivity index (χ4n) is 1.87. The molecule has 0 saturated carbocycles. The molecule has 0 aromatic heterocycles. The molecule has 0 aliphatic carbocycles. The molecule has 2 amide bonds. The summed E-state index contributed by atoms with van der Waals surface area (Å²) in [6.45, 7) is 0. The van der Waals surface area contributed by atoms with Gasteiger partial charge in [0.1, 0.15) is 0 Å². The van der Waals surface area contributed by atoms with Crippen molar-refractivity contribution in [2.75, 3.05) is 19.1 Å². The van der Waals surface area contributed by atoms with Crippen molar-refractivity contribution < 1.29 is 28.7 Å². The standard InChI is InChI=1S/C14H11NO6/c1-20-13(18)8-5-9(14(19)21-2)7-10(6-8)15-11(16)3-4-12(15)17/h3-7H,1-2H3. The maximum Gasteiger partial charge on any atom is 0.337 e. The molecular formula is C14H11NO6. The molecule has 1 aromatic rings. The molecule has 0 saturated heterocycles. The normalized spacial score (nSPS) is 13.5. The van der Waals surface area contributed by atoms with E-state index in [1.54, 1.807) is 0 Å². The molecule has 21 heavy (non-hydrogen) atoms. The summed E-state index contributed by atoms with van der Waals surface area (Å²) in [5, 5.41) is 0. The van der Waals surface area contributed by atoms with Crippen molar-refractivity contribution in [2.24, 2.45) is 0 Å². The van der Waals surface area contributed by atoms with E-state index in [0.29, 0.717) is 0 Å². The van der Waals surface area contributed by atoms with Crippen molar-refractivity contribution in [1.82, 2.24) is 0 Å². The summed E-state index contributed by atoms with van der Waals surface area (Å²) in [5.74, 6) is -2.52. The minimum atomic E-state index is -0.700. The predicted molar refractivity (Wildman–Crippen MR) is 70.8 cm³/mol. The highest BCUT2D eigenvalue weighted by molar-refractivity contribution is 6.28. The third-order valence-corrected chi connectivity index (χ3v) is 2.83. The Morgan fingerprint density at radius 3 is 1.67 bits per heavy atom. The van der Waals surface area contributed by atoms with Gasteiger partial charge in [-0.1, -0.05) is 0 Å². The number of esters is 2. The number of imide groups is 1. The minimum absolute atomic E-state index is 0.0305. The number of hydrogen-bond acceptors (Lipinski definition) is 6. The van der Waals surface area contributed by atoms with E-state index in [2.05, 4.69) is 9.47 Å². The SMILES string of the molecule is COC(=O)c1cc(C(=O)OC)cc(N2C(=O)C=CC2=O)c1. The van der Waals surface area contributed by atoms with Gasteiger partial charge in [0.15, 0.2) is 0 Å². The zero-order valence-electron chi connectivity index (χ0n) is 11.3. The van der Waals surface area contributed by atoms with Crippen LogP contribution in [-0.2, 0) is 19.1 Å². The molecular weight excluding hydrogens is 278 g/mol. The first kappa shape index (κ1) is 14.4. The molecule has 2 rings (SSSR count). The molecule has 1 aliphatic heterocycles. The second-order valence-electron chi connectivity index (χ2n) is 4.10. The summed E-state index contributed by atoms with van der Waals surface area (Å²) < 4.78 is 9.16. The first-order valence-corrected chi connectivity index (χ1v) is 5.85. The number of carbonyl (C=O) groups is 4. The van der Waals surface area contributed by atoms with E-state index < -0.39 is 23.8 Å². The summed E-state index contributed by atoms with van der Waals surface area (Å²) in [7, 11) is 2.36. The molecule has 7 nitrogen and oxygen atoms in total. The summed E-state index contributed by atoms with van der Waals surface area (Å²) in [5.41, 5.74) is 0.157. The van der Waals surface area contributed by atoms with Gasteiger partial charge >= 0.3 is 11.9 Å². The van der Waals surface area contributed by atoms with Crippen molar-refractivity contribution >= 4 is 29.4 Å². The lowest BCUT2D eigenvalue weighted by molar-refractivity contribution is -0.120. The summed E-state index contributed by atoms with van der Waals surface area (Å²) in [6, 6.07) is 3.85. The van der Waals surface area contributed by atoms with Gasteiger partial charge in [-0.05, 0) is 18.2 Å². The number of amides is 2. The molecule has 1 aromatic carbocycles. The third kappa shape index (κ3) is 2.66. The van der Waals surface area contributed by atoms with E-state index in [4.69, 9.17) is 0 Å². The molecule has 0 atom stereocenters. The van der Waals surface area contributed by atoms with Gasteiger partial charge in [0.05, 0.1) is 31.0 Å². The Morgan fingerprint density at radius 2 is 1.29 bits per heavy atom. The van der Waals surface area contributed by atoms with E-state index in [1.807, 2.05) is 0 Å². The number of anilines is 1. The molecule has 0 N–H and O–H groups in total. The number of carbonyl (C=O) groups excluding carboxylic acids is 4. The fraction of sp³-hybridized carbons (Fsp3) is 0.143. The zero-order valence-corrected chi connectivity index (χ0v) is 11.3. The van der Waals surface area contributed by atoms with Gasteiger partial charge in [0.25, 0.3) is 11.8 Å². The van der Waals surface area contributed by atoms with E-state index in [1.165, 1.54) is 32.4 Å². The first-order chi connectivity index (χ1) is 9.97. The van der Waals surface area contributed by atoms with E-state index in [9.17, 15) is 19.2 Å². The molecule has 108 valence electrons. The van der Waals surface area contributed by atoms with Crippen LogP contribution in [-0.4, -0.2) is 38.0 Å². The molecule has 0 spiro atoms. The number of ether oxygens (including phenoxy) is 2. The van der Waals surface area contributed by atoms with Crippen molar-refractivity contribution in [3.05, 3.63) is 41.5 Å². The van der Waals surface area contributed by atoms with Gasteiger partial charge in [-0.25, -0.2) is 14.5 Å². The van der Waals surface area contributed by atoms with Crippen LogP contribution in [0.25, 0.3) is 0 Å². The molecule has 1 heterocycles. The number of benzene rings is 1. The van der Waals surface area contributed by atoms with Gasteiger partial charge in [-0.15, -0.1) is 0 Å². The fourth-order valence-corrected chi connectivity index (χ4v) is 1.87. The molecule has 7 heteroatoms. The van der Waals surface area contributed by atoms with Crippen LogP contribution in [0.1, 0.15) is 20.7 Å². The second-order valence-corrected chi connectivity index (χ2v) is 4.10. The van der Waals surface area contributed by atoms with E-state index in [-0.39, 0.29) is 16.8 Å². The van der Waals surface area contributed by atoms with Crippen LogP contribution >= 0.6 is 0 Å². The Bertz CT molecular complexity index is 624. The highest BCUT2D eigenvalue weighted by atomic mass is 16.5. The van der Waals surface area contributed by atoms with Crippen LogP contribution in [0, 0.1) is 0 Å². The Morgan fingerprint density at radius 1 is 0.857 bits per heavy atom. The van der Waals surface area contributed by atoms with Gasteiger partial charge in [0.2, 0.25) is 0 Å².